The normalized spacial score (nSPS) is 12.0. The number of aromatic nitrogens is 1. The van der Waals surface area contributed by atoms with Crippen molar-refractivity contribution in [2.75, 3.05) is 6.54 Å². The molecule has 0 amide bonds. The van der Waals surface area contributed by atoms with Crippen LogP contribution < -0.4 is 5.32 Å². The van der Waals surface area contributed by atoms with Crippen molar-refractivity contribution in [2.24, 2.45) is 0 Å². The molecule has 0 spiro atoms. The molecule has 3 heteroatoms. The molecule has 3 nitrogen and oxygen atoms in total. The number of rotatable bonds is 5. The highest BCUT2D eigenvalue weighted by Gasteiger charge is 2.03. The van der Waals surface area contributed by atoms with Gasteiger partial charge in [0.25, 0.3) is 0 Å². The van der Waals surface area contributed by atoms with Crippen LogP contribution in [0.1, 0.15) is 31.5 Å². The van der Waals surface area contributed by atoms with Crippen LogP contribution in [0.15, 0.2) is 24.4 Å². The number of nitrogens with one attached hydrogen (secondary N) is 1. The molecule has 0 bridgehead atoms. The van der Waals surface area contributed by atoms with E-state index in [2.05, 4.69) is 23.3 Å². The van der Waals surface area contributed by atoms with Crippen molar-refractivity contribution >= 4 is 0 Å². The summed E-state index contributed by atoms with van der Waals surface area (Å²) in [5.41, 5.74) is 1.05. The molecule has 0 saturated heterocycles. The molecular weight excluding hydrogens is 174 g/mol. The maximum absolute atomic E-state index is 8.36. The molecule has 0 fully saturated rings. The Morgan fingerprint density at radius 1 is 1.57 bits per heavy atom. The zero-order chi connectivity index (χ0) is 10.2. The van der Waals surface area contributed by atoms with Crippen molar-refractivity contribution < 1.29 is 0 Å². The summed E-state index contributed by atoms with van der Waals surface area (Å²) in [4.78, 5) is 4.25. The van der Waals surface area contributed by atoms with Gasteiger partial charge >= 0.3 is 0 Å². The Morgan fingerprint density at radius 2 is 2.43 bits per heavy atom. The van der Waals surface area contributed by atoms with E-state index in [0.717, 1.165) is 18.7 Å². The fourth-order valence-corrected chi connectivity index (χ4v) is 1.22. The molecule has 0 radical (unpaired) electrons. The zero-order valence-electron chi connectivity index (χ0n) is 8.40. The molecule has 14 heavy (non-hydrogen) atoms. The Morgan fingerprint density at radius 3 is 3.07 bits per heavy atom. The van der Waals surface area contributed by atoms with Crippen LogP contribution in [0.5, 0.6) is 0 Å². The molecule has 1 heterocycles. The van der Waals surface area contributed by atoms with Crippen LogP contribution in [0.3, 0.4) is 0 Å². The van der Waals surface area contributed by atoms with Crippen LogP contribution in [0.4, 0.5) is 0 Å². The van der Waals surface area contributed by atoms with Crippen molar-refractivity contribution in [1.82, 2.24) is 10.3 Å². The van der Waals surface area contributed by atoms with Crippen LogP contribution in [-0.2, 0) is 0 Å². The quantitative estimate of drug-likeness (QED) is 0.721. The predicted octanol–water partition coefficient (Wildman–Crippen LogP) is 2.04. The first-order valence-corrected chi connectivity index (χ1v) is 4.86. The van der Waals surface area contributed by atoms with Gasteiger partial charge in [0.1, 0.15) is 0 Å². The van der Waals surface area contributed by atoms with Gasteiger partial charge < -0.3 is 5.32 Å². The topological polar surface area (TPSA) is 48.7 Å². The van der Waals surface area contributed by atoms with E-state index >= 15 is 0 Å². The Hall–Kier alpha value is -1.40. The summed E-state index contributed by atoms with van der Waals surface area (Å²) in [5, 5.41) is 11.7. The third kappa shape index (κ3) is 3.55. The van der Waals surface area contributed by atoms with E-state index in [1.165, 1.54) is 0 Å². The Balaban J connectivity index is 2.29. The maximum atomic E-state index is 8.36. The zero-order valence-corrected chi connectivity index (χ0v) is 8.40. The summed E-state index contributed by atoms with van der Waals surface area (Å²) < 4.78 is 0. The molecule has 1 rings (SSSR count). The lowest BCUT2D eigenvalue weighted by molar-refractivity contribution is 0.551. The van der Waals surface area contributed by atoms with E-state index in [9.17, 15) is 0 Å². The number of nitrogens with zero attached hydrogens (tertiary/aromatic N) is 2. The first-order valence-electron chi connectivity index (χ1n) is 4.86. The van der Waals surface area contributed by atoms with Crippen molar-refractivity contribution in [2.45, 2.75) is 25.8 Å². The highest BCUT2D eigenvalue weighted by molar-refractivity contribution is 5.07. The lowest BCUT2D eigenvalue weighted by atomic mass is 10.2. The third-order valence-electron chi connectivity index (χ3n) is 2.05. The number of pyridine rings is 1. The number of unbranched alkanes of at least 4 members (excludes halogenated alkanes) is 1. The lowest BCUT2D eigenvalue weighted by Gasteiger charge is -2.11. The summed E-state index contributed by atoms with van der Waals surface area (Å²) in [5.74, 6) is 0. The van der Waals surface area contributed by atoms with Gasteiger partial charge in [0, 0.05) is 18.7 Å². The van der Waals surface area contributed by atoms with Gasteiger partial charge in [0.05, 0.1) is 11.8 Å². The second kappa shape index (κ2) is 6.11. The van der Waals surface area contributed by atoms with E-state index in [1.54, 1.807) is 6.20 Å². The average molecular weight is 189 g/mol. The highest BCUT2D eigenvalue weighted by Crippen LogP contribution is 2.07. The van der Waals surface area contributed by atoms with Gasteiger partial charge in [-0.05, 0) is 32.0 Å². The number of nitriles is 1. The second-order valence-electron chi connectivity index (χ2n) is 3.19. The van der Waals surface area contributed by atoms with E-state index in [4.69, 9.17) is 5.26 Å². The van der Waals surface area contributed by atoms with E-state index < -0.39 is 0 Å². The van der Waals surface area contributed by atoms with Crippen molar-refractivity contribution in [1.29, 1.82) is 5.26 Å². The van der Waals surface area contributed by atoms with Gasteiger partial charge in [-0.15, -0.1) is 0 Å². The van der Waals surface area contributed by atoms with Crippen molar-refractivity contribution in [3.05, 3.63) is 30.1 Å². The highest BCUT2D eigenvalue weighted by atomic mass is 14.9. The molecule has 1 aromatic rings. The smallest absolute Gasteiger partial charge is 0.0622 e. The minimum Gasteiger partial charge on any atom is -0.309 e. The number of hydrogen-bond acceptors (Lipinski definition) is 3. The lowest BCUT2D eigenvalue weighted by Crippen LogP contribution is -2.20. The number of hydrogen-bond donors (Lipinski definition) is 1. The first kappa shape index (κ1) is 10.7. The summed E-state index contributed by atoms with van der Waals surface area (Å²) in [6.07, 6.45) is 3.30. The molecular formula is C11H15N3. The first-order chi connectivity index (χ1) is 6.84. The predicted molar refractivity (Wildman–Crippen MR) is 55.5 cm³/mol. The summed E-state index contributed by atoms with van der Waals surface area (Å²) in [6, 6.07) is 8.28. The average Bonchev–Trinajstić information content (AvgIpc) is 2.25. The Kier molecular flexibility index (Phi) is 4.66. The molecule has 0 aliphatic carbocycles. The summed E-state index contributed by atoms with van der Waals surface area (Å²) in [7, 11) is 0. The van der Waals surface area contributed by atoms with Crippen molar-refractivity contribution in [3.63, 3.8) is 0 Å². The minimum atomic E-state index is 0.259. The Bertz CT molecular complexity index is 289. The minimum absolute atomic E-state index is 0.259. The molecule has 1 aromatic heterocycles. The fourth-order valence-electron chi connectivity index (χ4n) is 1.22. The van der Waals surface area contributed by atoms with E-state index in [-0.39, 0.29) is 6.04 Å². The monoisotopic (exact) mass is 189 g/mol. The van der Waals surface area contributed by atoms with Gasteiger partial charge in [0.15, 0.2) is 0 Å². The molecule has 1 unspecified atom stereocenters. The molecule has 0 aliphatic rings. The third-order valence-corrected chi connectivity index (χ3v) is 2.05. The molecule has 74 valence electrons. The SMILES string of the molecule is CC(NCCCC#N)c1ccccn1. The van der Waals surface area contributed by atoms with Crippen LogP contribution >= 0.6 is 0 Å². The van der Waals surface area contributed by atoms with Gasteiger partial charge in [-0.2, -0.15) is 5.26 Å². The van der Waals surface area contributed by atoms with Gasteiger partial charge in [-0.25, -0.2) is 0 Å². The largest absolute Gasteiger partial charge is 0.309 e. The van der Waals surface area contributed by atoms with Gasteiger partial charge in [0.2, 0.25) is 0 Å². The summed E-state index contributed by atoms with van der Waals surface area (Å²) >= 11 is 0. The second-order valence-corrected chi connectivity index (χ2v) is 3.19. The van der Waals surface area contributed by atoms with Crippen LogP contribution in [-0.4, -0.2) is 11.5 Å². The Labute approximate surface area is 84.8 Å². The molecule has 1 atom stereocenters. The van der Waals surface area contributed by atoms with E-state index in [0.29, 0.717) is 6.42 Å². The fraction of sp³-hybridized carbons (Fsp3) is 0.455. The molecule has 0 aliphatic heterocycles. The van der Waals surface area contributed by atoms with Crippen LogP contribution in [0, 0.1) is 11.3 Å². The van der Waals surface area contributed by atoms with Crippen LogP contribution in [0.2, 0.25) is 0 Å². The van der Waals surface area contributed by atoms with E-state index in [1.807, 2.05) is 18.2 Å². The summed E-state index contributed by atoms with van der Waals surface area (Å²) in [6.45, 7) is 2.94. The van der Waals surface area contributed by atoms with Crippen molar-refractivity contribution in [3.8, 4) is 6.07 Å². The molecule has 0 aromatic carbocycles. The molecule has 0 saturated carbocycles. The van der Waals surface area contributed by atoms with Gasteiger partial charge in [-0.3, -0.25) is 4.98 Å². The molecule has 1 N–H and O–H groups in total. The standard InChI is InChI=1S/C11H15N3/c1-10(13-8-5-3-7-12)11-6-2-4-9-14-11/h2,4,6,9-10,13H,3,5,8H2,1H3. The van der Waals surface area contributed by atoms with Gasteiger partial charge in [-0.1, -0.05) is 6.07 Å². The van der Waals surface area contributed by atoms with Crippen LogP contribution in [0.25, 0.3) is 0 Å². The maximum Gasteiger partial charge on any atom is 0.0622 e.